The summed E-state index contributed by atoms with van der Waals surface area (Å²) in [5.41, 5.74) is 0.877. The first-order valence-electron chi connectivity index (χ1n) is 6.93. The maximum atomic E-state index is 12.2. The molecule has 6 nitrogen and oxygen atoms in total. The SMILES string of the molecule is COC(=O)c1ccc(C(=O)C(=O)c2ccc(C(=O)OC)cc2)cc1. The maximum Gasteiger partial charge on any atom is 0.337 e. The van der Waals surface area contributed by atoms with Gasteiger partial charge in [-0.2, -0.15) is 0 Å². The fourth-order valence-corrected chi connectivity index (χ4v) is 2.01. The Hall–Kier alpha value is -3.28. The largest absolute Gasteiger partial charge is 0.465 e. The highest BCUT2D eigenvalue weighted by atomic mass is 16.5. The Balaban J connectivity index is 2.18. The average Bonchev–Trinajstić information content (AvgIpc) is 2.65. The van der Waals surface area contributed by atoms with Crippen LogP contribution in [0.2, 0.25) is 0 Å². The third kappa shape index (κ3) is 3.55. The van der Waals surface area contributed by atoms with Crippen molar-refractivity contribution < 1.29 is 28.7 Å². The van der Waals surface area contributed by atoms with E-state index < -0.39 is 23.5 Å². The third-order valence-corrected chi connectivity index (χ3v) is 3.34. The summed E-state index contributed by atoms with van der Waals surface area (Å²) in [6, 6.07) is 11.2. The molecule has 122 valence electrons. The normalized spacial score (nSPS) is 9.92. The van der Waals surface area contributed by atoms with Crippen molar-refractivity contribution in [3.63, 3.8) is 0 Å². The van der Waals surface area contributed by atoms with Crippen LogP contribution < -0.4 is 0 Å². The van der Waals surface area contributed by atoms with E-state index in [0.29, 0.717) is 0 Å². The summed E-state index contributed by atoms with van der Waals surface area (Å²) in [5.74, 6) is -2.48. The van der Waals surface area contributed by atoms with Crippen LogP contribution in [-0.4, -0.2) is 37.7 Å². The lowest BCUT2D eigenvalue weighted by Gasteiger charge is -2.04. The van der Waals surface area contributed by atoms with E-state index in [0.717, 1.165) is 0 Å². The molecule has 0 atom stereocenters. The van der Waals surface area contributed by atoms with Crippen LogP contribution in [0, 0.1) is 0 Å². The van der Waals surface area contributed by atoms with E-state index in [2.05, 4.69) is 9.47 Å². The maximum absolute atomic E-state index is 12.2. The molecule has 0 N–H and O–H groups in total. The van der Waals surface area contributed by atoms with Gasteiger partial charge >= 0.3 is 11.9 Å². The van der Waals surface area contributed by atoms with Crippen molar-refractivity contribution in [2.45, 2.75) is 0 Å². The molecule has 0 aliphatic heterocycles. The first kappa shape index (κ1) is 17.1. The second-order valence-corrected chi connectivity index (χ2v) is 4.80. The molecule has 2 aromatic carbocycles. The number of carbonyl (C=O) groups is 4. The van der Waals surface area contributed by atoms with Crippen molar-refractivity contribution in [1.82, 2.24) is 0 Å². The molecule has 0 saturated heterocycles. The van der Waals surface area contributed by atoms with Crippen molar-refractivity contribution in [3.8, 4) is 0 Å². The number of rotatable bonds is 5. The number of Topliss-reactive ketones (excluding diaryl/α,β-unsaturated/α-hetero) is 2. The molecule has 0 fully saturated rings. The zero-order chi connectivity index (χ0) is 17.7. The molecular formula is C18H14O6. The van der Waals surface area contributed by atoms with E-state index in [1.54, 1.807) is 0 Å². The Labute approximate surface area is 138 Å². The predicted molar refractivity (Wildman–Crippen MR) is 84.2 cm³/mol. The summed E-state index contributed by atoms with van der Waals surface area (Å²) in [6.45, 7) is 0. The number of carbonyl (C=O) groups excluding carboxylic acids is 4. The van der Waals surface area contributed by atoms with Gasteiger partial charge in [-0.25, -0.2) is 9.59 Å². The highest BCUT2D eigenvalue weighted by molar-refractivity contribution is 6.49. The van der Waals surface area contributed by atoms with E-state index in [-0.39, 0.29) is 22.3 Å². The minimum atomic E-state index is -0.711. The first-order valence-corrected chi connectivity index (χ1v) is 6.93. The van der Waals surface area contributed by atoms with Gasteiger partial charge in [0.2, 0.25) is 11.6 Å². The molecule has 0 spiro atoms. The van der Waals surface area contributed by atoms with Gasteiger partial charge in [-0.15, -0.1) is 0 Å². The number of esters is 2. The smallest absolute Gasteiger partial charge is 0.337 e. The minimum absolute atomic E-state index is 0.157. The van der Waals surface area contributed by atoms with Gasteiger partial charge in [-0.1, -0.05) is 24.3 Å². The van der Waals surface area contributed by atoms with Crippen LogP contribution >= 0.6 is 0 Å². The van der Waals surface area contributed by atoms with Crippen molar-refractivity contribution in [2.24, 2.45) is 0 Å². The summed E-state index contributed by atoms with van der Waals surface area (Å²) in [4.78, 5) is 47.1. The summed E-state index contributed by atoms with van der Waals surface area (Å²) in [5, 5.41) is 0. The number of hydrogen-bond donors (Lipinski definition) is 0. The van der Waals surface area contributed by atoms with E-state index in [4.69, 9.17) is 0 Å². The predicted octanol–water partition coefficient (Wildman–Crippen LogP) is 2.33. The molecule has 24 heavy (non-hydrogen) atoms. The van der Waals surface area contributed by atoms with E-state index in [1.807, 2.05) is 0 Å². The van der Waals surface area contributed by atoms with Gasteiger partial charge in [0.15, 0.2) is 0 Å². The summed E-state index contributed by atoms with van der Waals surface area (Å²) in [7, 11) is 2.51. The van der Waals surface area contributed by atoms with Crippen molar-refractivity contribution in [3.05, 3.63) is 70.8 Å². The standard InChI is InChI=1S/C18H14O6/c1-23-17(21)13-7-3-11(4-8-13)15(19)16(20)12-5-9-14(10-6-12)18(22)24-2/h3-10H,1-2H3. The monoisotopic (exact) mass is 326 g/mol. The average molecular weight is 326 g/mol. The third-order valence-electron chi connectivity index (χ3n) is 3.34. The quantitative estimate of drug-likeness (QED) is 0.476. The van der Waals surface area contributed by atoms with Crippen LogP contribution in [0.5, 0.6) is 0 Å². The van der Waals surface area contributed by atoms with E-state index in [9.17, 15) is 19.2 Å². The molecule has 0 saturated carbocycles. The van der Waals surface area contributed by atoms with Crippen LogP contribution in [-0.2, 0) is 9.47 Å². The lowest BCUT2D eigenvalue weighted by Crippen LogP contribution is -2.15. The molecule has 0 aliphatic carbocycles. The summed E-state index contributed by atoms with van der Waals surface area (Å²) >= 11 is 0. The molecule has 0 bridgehead atoms. The molecule has 0 radical (unpaired) electrons. The van der Waals surface area contributed by atoms with E-state index >= 15 is 0 Å². The highest BCUT2D eigenvalue weighted by Gasteiger charge is 2.19. The first-order chi connectivity index (χ1) is 11.5. The molecule has 0 heterocycles. The lowest BCUT2D eigenvalue weighted by atomic mass is 10.00. The van der Waals surface area contributed by atoms with Crippen molar-refractivity contribution >= 4 is 23.5 Å². The van der Waals surface area contributed by atoms with Gasteiger partial charge in [0, 0.05) is 11.1 Å². The van der Waals surface area contributed by atoms with Gasteiger partial charge < -0.3 is 9.47 Å². The lowest BCUT2D eigenvalue weighted by molar-refractivity contribution is 0.0591. The second kappa shape index (κ2) is 7.32. The number of benzene rings is 2. The van der Waals surface area contributed by atoms with E-state index in [1.165, 1.54) is 62.8 Å². The Morgan fingerprint density at radius 1 is 0.542 bits per heavy atom. The number of hydrogen-bond acceptors (Lipinski definition) is 6. The van der Waals surface area contributed by atoms with Crippen LogP contribution in [0.1, 0.15) is 41.4 Å². The number of ether oxygens (including phenoxy) is 2. The van der Waals surface area contributed by atoms with Crippen LogP contribution in [0.3, 0.4) is 0 Å². The van der Waals surface area contributed by atoms with Crippen LogP contribution in [0.25, 0.3) is 0 Å². The summed E-state index contributed by atoms with van der Waals surface area (Å²) in [6.07, 6.45) is 0. The topological polar surface area (TPSA) is 86.7 Å². The minimum Gasteiger partial charge on any atom is -0.465 e. The Kier molecular flexibility index (Phi) is 5.21. The fourth-order valence-electron chi connectivity index (χ4n) is 2.01. The van der Waals surface area contributed by atoms with Gasteiger partial charge in [-0.3, -0.25) is 9.59 Å². The molecule has 2 rings (SSSR count). The molecule has 0 aromatic heterocycles. The highest BCUT2D eigenvalue weighted by Crippen LogP contribution is 2.12. The Morgan fingerprint density at radius 2 is 0.792 bits per heavy atom. The molecule has 0 aliphatic rings. The second-order valence-electron chi connectivity index (χ2n) is 4.80. The summed E-state index contributed by atoms with van der Waals surface area (Å²) < 4.78 is 9.13. The molecule has 6 heteroatoms. The van der Waals surface area contributed by atoms with Gasteiger partial charge in [-0.05, 0) is 24.3 Å². The number of methoxy groups -OCH3 is 2. The van der Waals surface area contributed by atoms with Crippen molar-refractivity contribution in [1.29, 1.82) is 0 Å². The van der Waals surface area contributed by atoms with Gasteiger partial charge in [0.05, 0.1) is 25.3 Å². The Bertz CT molecular complexity index is 718. The van der Waals surface area contributed by atoms with Crippen LogP contribution in [0.15, 0.2) is 48.5 Å². The van der Waals surface area contributed by atoms with Crippen LogP contribution in [0.4, 0.5) is 0 Å². The Morgan fingerprint density at radius 3 is 1.04 bits per heavy atom. The molecular weight excluding hydrogens is 312 g/mol. The zero-order valence-electron chi connectivity index (χ0n) is 13.1. The molecule has 0 amide bonds. The van der Waals surface area contributed by atoms with Gasteiger partial charge in [0.25, 0.3) is 0 Å². The van der Waals surface area contributed by atoms with Crippen molar-refractivity contribution in [2.75, 3.05) is 14.2 Å². The van der Waals surface area contributed by atoms with Gasteiger partial charge in [0.1, 0.15) is 0 Å². The molecule has 0 unspecified atom stereocenters. The zero-order valence-corrected chi connectivity index (χ0v) is 13.1. The number of ketones is 2. The fraction of sp³-hybridized carbons (Fsp3) is 0.111. The molecule has 2 aromatic rings.